The second kappa shape index (κ2) is 7.15. The SMILES string of the molecule is Cc1ccc(SCC(=O)NCc2cccc(C)c2)cc1. The summed E-state index contributed by atoms with van der Waals surface area (Å²) in [6.07, 6.45) is 0. The Morgan fingerprint density at radius 3 is 2.50 bits per heavy atom. The number of carbonyl (C=O) groups excluding carboxylic acids is 1. The number of carbonyl (C=O) groups is 1. The number of thioether (sulfide) groups is 1. The van der Waals surface area contributed by atoms with Gasteiger partial charge < -0.3 is 5.32 Å². The third kappa shape index (κ3) is 4.74. The number of amides is 1. The second-order valence-electron chi connectivity index (χ2n) is 4.87. The fourth-order valence-electron chi connectivity index (χ4n) is 1.86. The summed E-state index contributed by atoms with van der Waals surface area (Å²) in [5, 5.41) is 2.95. The van der Waals surface area contributed by atoms with Gasteiger partial charge in [0.25, 0.3) is 0 Å². The van der Waals surface area contributed by atoms with Gasteiger partial charge in [0.1, 0.15) is 0 Å². The summed E-state index contributed by atoms with van der Waals surface area (Å²) in [6.45, 7) is 4.70. The van der Waals surface area contributed by atoms with Crippen molar-refractivity contribution in [3.8, 4) is 0 Å². The first-order valence-corrected chi connectivity index (χ1v) is 7.64. The molecule has 0 aromatic heterocycles. The number of hydrogen-bond acceptors (Lipinski definition) is 2. The molecule has 0 aliphatic carbocycles. The highest BCUT2D eigenvalue weighted by atomic mass is 32.2. The monoisotopic (exact) mass is 285 g/mol. The van der Waals surface area contributed by atoms with Crippen LogP contribution in [-0.4, -0.2) is 11.7 Å². The molecule has 1 amide bonds. The summed E-state index contributed by atoms with van der Waals surface area (Å²) < 4.78 is 0. The van der Waals surface area contributed by atoms with Crippen LogP contribution in [0.4, 0.5) is 0 Å². The van der Waals surface area contributed by atoms with Crippen LogP contribution in [0.25, 0.3) is 0 Å². The minimum Gasteiger partial charge on any atom is -0.351 e. The molecular formula is C17H19NOS. The molecule has 2 aromatic rings. The van der Waals surface area contributed by atoms with Crippen LogP contribution in [0, 0.1) is 13.8 Å². The first-order chi connectivity index (χ1) is 9.63. The molecule has 3 heteroatoms. The lowest BCUT2D eigenvalue weighted by Crippen LogP contribution is -2.24. The lowest BCUT2D eigenvalue weighted by Gasteiger charge is -2.06. The number of rotatable bonds is 5. The van der Waals surface area contributed by atoms with Gasteiger partial charge in [0.05, 0.1) is 5.75 Å². The Hall–Kier alpha value is -1.74. The predicted octanol–water partition coefficient (Wildman–Crippen LogP) is 3.71. The predicted molar refractivity (Wildman–Crippen MR) is 84.9 cm³/mol. The zero-order valence-electron chi connectivity index (χ0n) is 11.8. The molecule has 0 heterocycles. The van der Waals surface area contributed by atoms with Gasteiger partial charge in [-0.3, -0.25) is 4.79 Å². The standard InChI is InChI=1S/C17H19NOS/c1-13-6-8-16(9-7-13)20-12-17(19)18-11-15-5-3-4-14(2)10-15/h3-10H,11-12H2,1-2H3,(H,18,19). The normalized spacial score (nSPS) is 10.3. The molecule has 104 valence electrons. The largest absolute Gasteiger partial charge is 0.351 e. The van der Waals surface area contributed by atoms with Gasteiger partial charge in [0.2, 0.25) is 5.91 Å². The smallest absolute Gasteiger partial charge is 0.230 e. The van der Waals surface area contributed by atoms with Gasteiger partial charge in [-0.15, -0.1) is 11.8 Å². The molecule has 2 rings (SSSR count). The number of nitrogens with one attached hydrogen (secondary N) is 1. The highest BCUT2D eigenvalue weighted by Crippen LogP contribution is 2.17. The van der Waals surface area contributed by atoms with Crippen molar-refractivity contribution in [1.29, 1.82) is 0 Å². The van der Waals surface area contributed by atoms with Gasteiger partial charge >= 0.3 is 0 Å². The van der Waals surface area contributed by atoms with E-state index in [1.807, 2.05) is 24.3 Å². The molecule has 2 aromatic carbocycles. The number of aryl methyl sites for hydroxylation is 2. The number of hydrogen-bond donors (Lipinski definition) is 1. The van der Waals surface area contributed by atoms with Crippen LogP contribution >= 0.6 is 11.8 Å². The van der Waals surface area contributed by atoms with Crippen molar-refractivity contribution in [3.63, 3.8) is 0 Å². The highest BCUT2D eigenvalue weighted by Gasteiger charge is 2.03. The van der Waals surface area contributed by atoms with Crippen molar-refractivity contribution in [2.75, 3.05) is 5.75 Å². The maximum atomic E-state index is 11.8. The molecule has 0 radical (unpaired) electrons. The summed E-state index contributed by atoms with van der Waals surface area (Å²) in [7, 11) is 0. The summed E-state index contributed by atoms with van der Waals surface area (Å²) in [5.74, 6) is 0.520. The molecule has 0 aliphatic rings. The van der Waals surface area contributed by atoms with E-state index >= 15 is 0 Å². The zero-order valence-corrected chi connectivity index (χ0v) is 12.7. The molecule has 0 spiro atoms. The minimum absolute atomic E-state index is 0.0667. The Balaban J connectivity index is 1.77. The average Bonchev–Trinajstić information content (AvgIpc) is 2.45. The summed E-state index contributed by atoms with van der Waals surface area (Å²) in [4.78, 5) is 12.9. The van der Waals surface area contributed by atoms with Crippen molar-refractivity contribution in [1.82, 2.24) is 5.32 Å². The van der Waals surface area contributed by atoms with Crippen molar-refractivity contribution in [2.45, 2.75) is 25.3 Å². The van der Waals surface area contributed by atoms with Crippen LogP contribution in [0.1, 0.15) is 16.7 Å². The van der Waals surface area contributed by atoms with Gasteiger partial charge in [0, 0.05) is 11.4 Å². The first kappa shape index (κ1) is 14.7. The van der Waals surface area contributed by atoms with E-state index in [-0.39, 0.29) is 5.91 Å². The van der Waals surface area contributed by atoms with Crippen LogP contribution in [0.15, 0.2) is 53.4 Å². The maximum absolute atomic E-state index is 11.8. The third-order valence-electron chi connectivity index (χ3n) is 2.96. The van der Waals surface area contributed by atoms with Gasteiger partial charge in [-0.25, -0.2) is 0 Å². The maximum Gasteiger partial charge on any atom is 0.230 e. The zero-order chi connectivity index (χ0) is 14.4. The second-order valence-corrected chi connectivity index (χ2v) is 5.92. The number of benzene rings is 2. The fourth-order valence-corrected chi connectivity index (χ4v) is 2.59. The summed E-state index contributed by atoms with van der Waals surface area (Å²) in [5.41, 5.74) is 3.59. The first-order valence-electron chi connectivity index (χ1n) is 6.65. The highest BCUT2D eigenvalue weighted by molar-refractivity contribution is 8.00. The van der Waals surface area contributed by atoms with E-state index < -0.39 is 0 Å². The Labute approximate surface area is 124 Å². The van der Waals surface area contributed by atoms with E-state index in [1.165, 1.54) is 11.1 Å². The molecule has 2 nitrogen and oxygen atoms in total. The van der Waals surface area contributed by atoms with Gasteiger partial charge in [-0.2, -0.15) is 0 Å². The Morgan fingerprint density at radius 2 is 1.80 bits per heavy atom. The van der Waals surface area contributed by atoms with Gasteiger partial charge in [0.15, 0.2) is 0 Å². The van der Waals surface area contributed by atoms with Crippen molar-refractivity contribution < 1.29 is 4.79 Å². The lowest BCUT2D eigenvalue weighted by molar-refractivity contribution is -0.118. The van der Waals surface area contributed by atoms with E-state index in [0.717, 1.165) is 10.5 Å². The van der Waals surface area contributed by atoms with Crippen LogP contribution in [-0.2, 0) is 11.3 Å². The van der Waals surface area contributed by atoms with Crippen molar-refractivity contribution in [3.05, 3.63) is 65.2 Å². The third-order valence-corrected chi connectivity index (χ3v) is 3.98. The van der Waals surface area contributed by atoms with Crippen molar-refractivity contribution >= 4 is 17.7 Å². The molecule has 20 heavy (non-hydrogen) atoms. The van der Waals surface area contributed by atoms with E-state index in [1.54, 1.807) is 11.8 Å². The Kier molecular flexibility index (Phi) is 5.24. The molecular weight excluding hydrogens is 266 g/mol. The Morgan fingerprint density at radius 1 is 1.05 bits per heavy atom. The van der Waals surface area contributed by atoms with Gasteiger partial charge in [-0.1, -0.05) is 47.5 Å². The molecule has 0 saturated heterocycles. The van der Waals surface area contributed by atoms with Crippen LogP contribution in [0.2, 0.25) is 0 Å². The lowest BCUT2D eigenvalue weighted by atomic mass is 10.1. The van der Waals surface area contributed by atoms with Gasteiger partial charge in [-0.05, 0) is 31.5 Å². The summed E-state index contributed by atoms with van der Waals surface area (Å²) >= 11 is 1.56. The molecule has 1 N–H and O–H groups in total. The quantitative estimate of drug-likeness (QED) is 0.848. The molecule has 0 aliphatic heterocycles. The van der Waals surface area contributed by atoms with Crippen LogP contribution in [0.3, 0.4) is 0 Å². The average molecular weight is 285 g/mol. The molecule has 0 saturated carbocycles. The molecule has 0 fully saturated rings. The summed E-state index contributed by atoms with van der Waals surface area (Å²) in [6, 6.07) is 16.4. The van der Waals surface area contributed by atoms with Crippen molar-refractivity contribution in [2.24, 2.45) is 0 Å². The van der Waals surface area contributed by atoms with E-state index in [2.05, 4.69) is 43.4 Å². The minimum atomic E-state index is 0.0667. The molecule has 0 atom stereocenters. The van der Waals surface area contributed by atoms with Crippen LogP contribution < -0.4 is 5.32 Å². The van der Waals surface area contributed by atoms with Crippen LogP contribution in [0.5, 0.6) is 0 Å². The topological polar surface area (TPSA) is 29.1 Å². The molecule has 0 unspecified atom stereocenters. The Bertz CT molecular complexity index is 578. The molecule has 0 bridgehead atoms. The van der Waals surface area contributed by atoms with E-state index in [4.69, 9.17) is 0 Å². The van der Waals surface area contributed by atoms with E-state index in [0.29, 0.717) is 12.3 Å². The fraction of sp³-hybridized carbons (Fsp3) is 0.235. The van der Waals surface area contributed by atoms with E-state index in [9.17, 15) is 4.79 Å².